The first-order valence-corrected chi connectivity index (χ1v) is 9.94. The maximum Gasteiger partial charge on any atom is 0.303 e. The van der Waals surface area contributed by atoms with E-state index in [1.807, 2.05) is 30.3 Å². The predicted octanol–water partition coefficient (Wildman–Crippen LogP) is 5.29. The maximum absolute atomic E-state index is 11.0. The lowest BCUT2D eigenvalue weighted by molar-refractivity contribution is -0.138. The Bertz CT molecular complexity index is 1030. The molecule has 0 spiro atoms. The molecule has 1 saturated heterocycles. The number of hydrogen-bond acceptors (Lipinski definition) is 4. The highest BCUT2D eigenvalue weighted by Gasteiger charge is 2.24. The van der Waals surface area contributed by atoms with Crippen LogP contribution in [0.25, 0.3) is 22.0 Å². The van der Waals surface area contributed by atoms with Crippen molar-refractivity contribution in [3.8, 4) is 11.1 Å². The summed E-state index contributed by atoms with van der Waals surface area (Å²) >= 11 is 12.3. The van der Waals surface area contributed by atoms with Crippen LogP contribution >= 0.6 is 23.2 Å². The van der Waals surface area contributed by atoms with Gasteiger partial charge in [-0.3, -0.25) is 4.79 Å². The van der Waals surface area contributed by atoms with Gasteiger partial charge in [0.2, 0.25) is 0 Å². The Kier molecular flexibility index (Phi) is 5.38. The Labute approximate surface area is 172 Å². The van der Waals surface area contributed by atoms with Gasteiger partial charge in [0.05, 0.1) is 20.9 Å². The topological polar surface area (TPSA) is 66.3 Å². The zero-order valence-electron chi connectivity index (χ0n) is 15.1. The summed E-state index contributed by atoms with van der Waals surface area (Å²) in [5.41, 5.74) is 2.82. The molecular formula is C21H19Cl2N3O2. The number of anilines is 1. The van der Waals surface area contributed by atoms with Crippen molar-refractivity contribution < 1.29 is 9.90 Å². The predicted molar refractivity (Wildman–Crippen MR) is 112 cm³/mol. The van der Waals surface area contributed by atoms with Gasteiger partial charge in [-0.1, -0.05) is 41.4 Å². The van der Waals surface area contributed by atoms with E-state index in [1.54, 1.807) is 12.4 Å². The van der Waals surface area contributed by atoms with Crippen LogP contribution in [0.15, 0.2) is 42.7 Å². The summed E-state index contributed by atoms with van der Waals surface area (Å²) in [4.78, 5) is 22.2. The molecule has 2 aromatic carbocycles. The van der Waals surface area contributed by atoms with Crippen LogP contribution in [0.2, 0.25) is 10.0 Å². The van der Waals surface area contributed by atoms with Crippen molar-refractivity contribution in [2.75, 3.05) is 18.0 Å². The van der Waals surface area contributed by atoms with Crippen molar-refractivity contribution in [2.24, 2.45) is 5.92 Å². The molecule has 4 rings (SSSR count). The van der Waals surface area contributed by atoms with Gasteiger partial charge in [-0.15, -0.1) is 0 Å². The van der Waals surface area contributed by atoms with Crippen LogP contribution in [0.4, 0.5) is 5.82 Å². The van der Waals surface area contributed by atoms with E-state index in [-0.39, 0.29) is 12.3 Å². The van der Waals surface area contributed by atoms with Gasteiger partial charge < -0.3 is 10.0 Å². The summed E-state index contributed by atoms with van der Waals surface area (Å²) in [6, 6.07) is 11.6. The molecule has 7 heteroatoms. The number of aliphatic carboxylic acids is 1. The molecule has 2 heterocycles. The van der Waals surface area contributed by atoms with Crippen molar-refractivity contribution in [3.63, 3.8) is 0 Å². The minimum atomic E-state index is -0.729. The zero-order valence-corrected chi connectivity index (χ0v) is 16.6. The van der Waals surface area contributed by atoms with Gasteiger partial charge in [-0.05, 0) is 48.1 Å². The fraction of sp³-hybridized carbons (Fsp3) is 0.286. The molecule has 1 aromatic heterocycles. The molecule has 0 aliphatic carbocycles. The van der Waals surface area contributed by atoms with Crippen LogP contribution in [-0.2, 0) is 4.79 Å². The number of carboxylic acid groups (broad SMARTS) is 1. The number of fused-ring (bicyclic) bond motifs is 1. The van der Waals surface area contributed by atoms with Gasteiger partial charge in [0, 0.05) is 19.5 Å². The normalized spacial score (nSPS) is 15.1. The second-order valence-corrected chi connectivity index (χ2v) is 7.87. The summed E-state index contributed by atoms with van der Waals surface area (Å²) in [6.45, 7) is 1.56. The van der Waals surface area contributed by atoms with E-state index in [0.717, 1.165) is 53.8 Å². The Hall–Kier alpha value is -2.37. The van der Waals surface area contributed by atoms with Gasteiger partial charge in [-0.25, -0.2) is 9.97 Å². The molecule has 0 amide bonds. The van der Waals surface area contributed by atoms with Crippen LogP contribution in [0, 0.1) is 5.92 Å². The molecule has 1 aliphatic rings. The lowest BCUT2D eigenvalue weighted by Gasteiger charge is -2.33. The molecule has 0 saturated carbocycles. The van der Waals surface area contributed by atoms with Gasteiger partial charge in [0.15, 0.2) is 0 Å². The van der Waals surface area contributed by atoms with E-state index >= 15 is 0 Å². The molecule has 0 atom stereocenters. The SMILES string of the molecule is O=C(O)CC1CCN(c2ncnc3cccc(-c4ccc(Cl)c(Cl)c4)c23)CC1. The zero-order chi connectivity index (χ0) is 19.7. The van der Waals surface area contributed by atoms with Gasteiger partial charge >= 0.3 is 5.97 Å². The molecule has 144 valence electrons. The number of aromatic nitrogens is 2. The Balaban J connectivity index is 1.74. The van der Waals surface area contributed by atoms with E-state index in [9.17, 15) is 4.79 Å². The number of benzene rings is 2. The summed E-state index contributed by atoms with van der Waals surface area (Å²) in [6.07, 6.45) is 3.49. The van der Waals surface area contributed by atoms with Gasteiger partial charge in [0.25, 0.3) is 0 Å². The average Bonchev–Trinajstić information content (AvgIpc) is 2.69. The van der Waals surface area contributed by atoms with Gasteiger partial charge in [0.1, 0.15) is 12.1 Å². The summed E-state index contributed by atoms with van der Waals surface area (Å²) in [5.74, 6) is 0.365. The van der Waals surface area contributed by atoms with Crippen LogP contribution in [0.1, 0.15) is 19.3 Å². The Morgan fingerprint density at radius 3 is 2.61 bits per heavy atom. The number of carbonyl (C=O) groups is 1. The van der Waals surface area contributed by atoms with E-state index in [2.05, 4.69) is 14.9 Å². The van der Waals surface area contributed by atoms with Crippen molar-refractivity contribution >= 4 is 45.9 Å². The molecule has 1 N–H and O–H groups in total. The van der Waals surface area contributed by atoms with E-state index in [4.69, 9.17) is 28.3 Å². The third-order valence-corrected chi connectivity index (χ3v) is 5.99. The third-order valence-electron chi connectivity index (χ3n) is 5.25. The fourth-order valence-corrected chi connectivity index (χ4v) is 4.13. The monoisotopic (exact) mass is 415 g/mol. The highest BCUT2D eigenvalue weighted by Crippen LogP contribution is 2.37. The first kappa shape index (κ1) is 19.0. The van der Waals surface area contributed by atoms with Crippen molar-refractivity contribution in [1.82, 2.24) is 9.97 Å². The van der Waals surface area contributed by atoms with Crippen LogP contribution < -0.4 is 4.90 Å². The molecule has 5 nitrogen and oxygen atoms in total. The largest absolute Gasteiger partial charge is 0.481 e. The molecule has 3 aromatic rings. The molecule has 0 bridgehead atoms. The average molecular weight is 416 g/mol. The van der Waals surface area contributed by atoms with Crippen molar-refractivity contribution in [2.45, 2.75) is 19.3 Å². The number of piperidine rings is 1. The Morgan fingerprint density at radius 2 is 1.89 bits per heavy atom. The molecule has 1 aliphatic heterocycles. The van der Waals surface area contributed by atoms with E-state index in [0.29, 0.717) is 10.0 Å². The number of rotatable bonds is 4. The number of nitrogens with zero attached hydrogens (tertiary/aromatic N) is 3. The molecule has 0 radical (unpaired) electrons. The van der Waals surface area contributed by atoms with Crippen LogP contribution in [-0.4, -0.2) is 34.1 Å². The number of hydrogen-bond donors (Lipinski definition) is 1. The fourth-order valence-electron chi connectivity index (χ4n) is 3.83. The second kappa shape index (κ2) is 7.94. The van der Waals surface area contributed by atoms with Gasteiger partial charge in [-0.2, -0.15) is 0 Å². The summed E-state index contributed by atoms with van der Waals surface area (Å²) in [7, 11) is 0. The Morgan fingerprint density at radius 1 is 1.11 bits per heavy atom. The first-order valence-electron chi connectivity index (χ1n) is 9.19. The highest BCUT2D eigenvalue weighted by molar-refractivity contribution is 6.42. The standard InChI is InChI=1S/C21H19Cl2N3O2/c22-16-5-4-14(11-17(16)23)15-2-1-3-18-20(15)21(25-12-24-18)26-8-6-13(7-9-26)10-19(27)28/h1-5,11-13H,6-10H2,(H,27,28). The van der Waals surface area contributed by atoms with Crippen molar-refractivity contribution in [3.05, 3.63) is 52.8 Å². The lowest BCUT2D eigenvalue weighted by Crippen LogP contribution is -2.35. The highest BCUT2D eigenvalue weighted by atomic mass is 35.5. The first-order chi connectivity index (χ1) is 13.5. The summed E-state index contributed by atoms with van der Waals surface area (Å²) < 4.78 is 0. The van der Waals surface area contributed by atoms with E-state index < -0.39 is 5.97 Å². The lowest BCUT2D eigenvalue weighted by atomic mass is 9.93. The van der Waals surface area contributed by atoms with Crippen LogP contribution in [0.3, 0.4) is 0 Å². The van der Waals surface area contributed by atoms with Crippen molar-refractivity contribution in [1.29, 1.82) is 0 Å². The number of halogens is 2. The molecular weight excluding hydrogens is 397 g/mol. The summed E-state index contributed by atoms with van der Waals surface area (Å²) in [5, 5.41) is 11.0. The number of carboxylic acids is 1. The smallest absolute Gasteiger partial charge is 0.303 e. The maximum atomic E-state index is 11.0. The van der Waals surface area contributed by atoms with E-state index in [1.165, 1.54) is 0 Å². The third kappa shape index (κ3) is 3.77. The molecule has 1 fully saturated rings. The molecule has 28 heavy (non-hydrogen) atoms. The minimum Gasteiger partial charge on any atom is -0.481 e. The molecule has 0 unspecified atom stereocenters. The minimum absolute atomic E-state index is 0.219. The van der Waals surface area contributed by atoms with Crippen LogP contribution in [0.5, 0.6) is 0 Å². The quantitative estimate of drug-likeness (QED) is 0.626. The second-order valence-electron chi connectivity index (χ2n) is 7.05.